The van der Waals surface area contributed by atoms with Gasteiger partial charge in [-0.1, -0.05) is 103 Å². The predicted molar refractivity (Wildman–Crippen MR) is 144 cm³/mol. The first kappa shape index (κ1) is 35.5. The number of phosphoric acid groups is 1. The smallest absolute Gasteiger partial charge is 0.305 e. The number of phosphoric ester groups is 1. The number of hydrogen-bond donors (Lipinski definition) is 1. The van der Waals surface area contributed by atoms with E-state index in [-0.39, 0.29) is 19.2 Å². The number of unbranched alkanes of at least 4 members (excludes halogenated alkanes) is 15. The molecule has 0 aliphatic rings. The van der Waals surface area contributed by atoms with Crippen LogP contribution in [0.4, 0.5) is 0 Å². The van der Waals surface area contributed by atoms with Gasteiger partial charge in [-0.2, -0.15) is 0 Å². The normalized spacial score (nSPS) is 14.5. The van der Waals surface area contributed by atoms with Crippen LogP contribution in [-0.2, 0) is 23.1 Å². The summed E-state index contributed by atoms with van der Waals surface area (Å²) in [6.45, 7) is 1.95. The number of nitrogens with zero attached hydrogens (tertiary/aromatic N) is 1. The standard InChI is InChI=1S/C27H56NO7P/c1-5-6-7-8-9-10-11-12-13-14-15-16-17-18-19-20-21-27(30)33-24-26(29)25-35-36(31,32)34-23-22-28(2,3)4/h26,29H,5-25H2,1-4H3/t26-/m0/s1. The number of esters is 1. The Hall–Kier alpha value is -0.500. The maximum atomic E-state index is 11.8. The zero-order valence-electron chi connectivity index (χ0n) is 23.7. The van der Waals surface area contributed by atoms with Crippen LogP contribution in [0.1, 0.15) is 116 Å². The number of hydrogen-bond acceptors (Lipinski definition) is 7. The van der Waals surface area contributed by atoms with Crippen LogP contribution < -0.4 is 4.89 Å². The van der Waals surface area contributed by atoms with Gasteiger partial charge in [-0.15, -0.1) is 0 Å². The molecule has 0 aromatic heterocycles. The predicted octanol–water partition coefficient (Wildman–Crippen LogP) is 5.75. The average molecular weight is 538 g/mol. The van der Waals surface area contributed by atoms with Crippen molar-refractivity contribution in [2.24, 2.45) is 0 Å². The number of likely N-dealkylation sites (N-methyl/N-ethyl adjacent to an activating group) is 1. The second kappa shape index (κ2) is 22.5. The molecule has 0 rings (SSSR count). The number of aliphatic hydroxyl groups is 1. The second-order valence-electron chi connectivity index (χ2n) is 11.0. The maximum Gasteiger partial charge on any atom is 0.305 e. The highest BCUT2D eigenvalue weighted by Crippen LogP contribution is 2.38. The van der Waals surface area contributed by atoms with Crippen molar-refractivity contribution in [2.75, 3.05) is 47.5 Å². The molecule has 0 saturated carbocycles. The summed E-state index contributed by atoms with van der Waals surface area (Å²) in [5.74, 6) is -0.385. The largest absolute Gasteiger partial charge is 0.756 e. The van der Waals surface area contributed by atoms with Gasteiger partial charge in [-0.05, 0) is 6.42 Å². The molecule has 0 aliphatic heterocycles. The SMILES string of the molecule is CCCCCCCCCCCCCCCCCCC(=O)OC[C@H](O)COP(=O)([O-])OCC[N+](C)(C)C. The third-order valence-electron chi connectivity index (χ3n) is 6.11. The molecule has 0 aliphatic carbocycles. The van der Waals surface area contributed by atoms with Gasteiger partial charge in [0.2, 0.25) is 0 Å². The molecular weight excluding hydrogens is 481 g/mol. The second-order valence-corrected chi connectivity index (χ2v) is 12.4. The molecule has 0 radical (unpaired) electrons. The van der Waals surface area contributed by atoms with Gasteiger partial charge in [0.25, 0.3) is 7.82 Å². The Labute approximate surface area is 221 Å². The molecule has 1 N–H and O–H groups in total. The van der Waals surface area contributed by atoms with E-state index in [9.17, 15) is 19.4 Å². The Morgan fingerprint density at radius 3 is 1.67 bits per heavy atom. The van der Waals surface area contributed by atoms with Crippen molar-refractivity contribution in [1.82, 2.24) is 0 Å². The van der Waals surface area contributed by atoms with Gasteiger partial charge in [-0.3, -0.25) is 9.36 Å². The van der Waals surface area contributed by atoms with Gasteiger partial charge in [0.05, 0.1) is 27.7 Å². The summed E-state index contributed by atoms with van der Waals surface area (Å²) in [7, 11) is 1.26. The van der Waals surface area contributed by atoms with Crippen LogP contribution in [-0.4, -0.2) is 69.2 Å². The fourth-order valence-corrected chi connectivity index (χ4v) is 4.50. The van der Waals surface area contributed by atoms with E-state index in [1.807, 2.05) is 21.1 Å². The first-order valence-corrected chi connectivity index (χ1v) is 15.8. The maximum absolute atomic E-state index is 11.8. The fourth-order valence-electron chi connectivity index (χ4n) is 3.77. The van der Waals surface area contributed by atoms with Gasteiger partial charge in [0.15, 0.2) is 0 Å². The average Bonchev–Trinajstić information content (AvgIpc) is 2.80. The van der Waals surface area contributed by atoms with Gasteiger partial charge >= 0.3 is 5.97 Å². The van der Waals surface area contributed by atoms with E-state index in [0.717, 1.165) is 19.3 Å². The lowest BCUT2D eigenvalue weighted by atomic mass is 10.0. The van der Waals surface area contributed by atoms with Gasteiger partial charge in [0, 0.05) is 6.42 Å². The van der Waals surface area contributed by atoms with Crippen molar-refractivity contribution < 1.29 is 37.6 Å². The van der Waals surface area contributed by atoms with Crippen molar-refractivity contribution in [3.63, 3.8) is 0 Å². The highest BCUT2D eigenvalue weighted by Gasteiger charge is 2.16. The van der Waals surface area contributed by atoms with Crippen molar-refractivity contribution >= 4 is 13.8 Å². The summed E-state index contributed by atoms with van der Waals surface area (Å²) in [5, 5.41) is 9.81. The lowest BCUT2D eigenvalue weighted by Crippen LogP contribution is -2.37. The van der Waals surface area contributed by atoms with Crippen LogP contribution >= 0.6 is 7.82 Å². The van der Waals surface area contributed by atoms with Crippen LogP contribution in [0.15, 0.2) is 0 Å². The molecule has 9 heteroatoms. The Balaban J connectivity index is 3.50. The van der Waals surface area contributed by atoms with E-state index in [1.165, 1.54) is 83.5 Å². The highest BCUT2D eigenvalue weighted by atomic mass is 31.2. The van der Waals surface area contributed by atoms with E-state index >= 15 is 0 Å². The summed E-state index contributed by atoms with van der Waals surface area (Å²) in [5.41, 5.74) is 0. The van der Waals surface area contributed by atoms with Crippen LogP contribution in [0.3, 0.4) is 0 Å². The molecular formula is C27H56NO7P. The summed E-state index contributed by atoms with van der Waals surface area (Å²) in [6.07, 6.45) is 19.5. The summed E-state index contributed by atoms with van der Waals surface area (Å²) in [4.78, 5) is 23.5. The van der Waals surface area contributed by atoms with Crippen molar-refractivity contribution in [3.8, 4) is 0 Å². The van der Waals surface area contributed by atoms with Crippen molar-refractivity contribution in [3.05, 3.63) is 0 Å². The molecule has 0 heterocycles. The van der Waals surface area contributed by atoms with Gasteiger partial charge < -0.3 is 28.3 Å². The van der Waals surface area contributed by atoms with Gasteiger partial charge in [-0.25, -0.2) is 0 Å². The number of aliphatic hydroxyl groups excluding tert-OH is 1. The lowest BCUT2D eigenvalue weighted by molar-refractivity contribution is -0.870. The molecule has 0 spiro atoms. The number of ether oxygens (including phenoxy) is 1. The van der Waals surface area contributed by atoms with Crippen molar-refractivity contribution in [1.29, 1.82) is 0 Å². The summed E-state index contributed by atoms with van der Waals surface area (Å²) < 4.78 is 26.7. The minimum absolute atomic E-state index is 0.00529. The van der Waals surface area contributed by atoms with Gasteiger partial charge in [0.1, 0.15) is 25.9 Å². The zero-order valence-corrected chi connectivity index (χ0v) is 24.6. The quantitative estimate of drug-likeness (QED) is 0.0648. The lowest BCUT2D eigenvalue weighted by Gasteiger charge is -2.27. The summed E-state index contributed by atoms with van der Waals surface area (Å²) >= 11 is 0. The molecule has 0 amide bonds. The van der Waals surface area contributed by atoms with Crippen LogP contribution in [0.2, 0.25) is 0 Å². The topological polar surface area (TPSA) is 105 Å². The highest BCUT2D eigenvalue weighted by molar-refractivity contribution is 7.45. The minimum Gasteiger partial charge on any atom is -0.756 e. The number of carbonyl (C=O) groups is 1. The monoisotopic (exact) mass is 537 g/mol. The number of quaternary nitrogens is 1. The number of carbonyl (C=O) groups excluding carboxylic acids is 1. The van der Waals surface area contributed by atoms with E-state index in [0.29, 0.717) is 17.4 Å². The zero-order chi connectivity index (χ0) is 27.1. The first-order chi connectivity index (χ1) is 17.1. The third kappa shape index (κ3) is 26.6. The molecule has 2 atom stereocenters. The molecule has 8 nitrogen and oxygen atoms in total. The molecule has 0 aromatic rings. The molecule has 0 fully saturated rings. The van der Waals surface area contributed by atoms with Crippen LogP contribution in [0.25, 0.3) is 0 Å². The Kier molecular flexibility index (Phi) is 22.2. The fraction of sp³-hybridized carbons (Fsp3) is 0.963. The molecule has 0 aromatic carbocycles. The third-order valence-corrected chi connectivity index (χ3v) is 7.07. The van der Waals surface area contributed by atoms with E-state index in [2.05, 4.69) is 11.4 Å². The van der Waals surface area contributed by atoms with E-state index < -0.39 is 20.5 Å². The Bertz CT molecular complexity index is 569. The Morgan fingerprint density at radius 1 is 0.778 bits per heavy atom. The minimum atomic E-state index is -4.49. The van der Waals surface area contributed by atoms with E-state index in [4.69, 9.17) is 9.26 Å². The van der Waals surface area contributed by atoms with Crippen LogP contribution in [0, 0.1) is 0 Å². The van der Waals surface area contributed by atoms with Crippen molar-refractivity contribution in [2.45, 2.75) is 122 Å². The van der Waals surface area contributed by atoms with E-state index in [1.54, 1.807) is 0 Å². The van der Waals surface area contributed by atoms with Crippen LogP contribution in [0.5, 0.6) is 0 Å². The molecule has 0 bridgehead atoms. The number of rotatable bonds is 26. The summed E-state index contributed by atoms with van der Waals surface area (Å²) in [6, 6.07) is 0. The molecule has 0 saturated heterocycles. The molecule has 1 unspecified atom stereocenters. The Morgan fingerprint density at radius 2 is 1.22 bits per heavy atom. The molecule has 216 valence electrons. The molecule has 36 heavy (non-hydrogen) atoms. The first-order valence-electron chi connectivity index (χ1n) is 14.3.